The summed E-state index contributed by atoms with van der Waals surface area (Å²) in [5.74, 6) is 0. The number of nitrogens with zero attached hydrogens (tertiary/aromatic N) is 3. The van der Waals surface area contributed by atoms with Gasteiger partial charge in [-0.05, 0) is 35.0 Å². The molecule has 1 aromatic heterocycles. The van der Waals surface area contributed by atoms with Crippen molar-refractivity contribution in [2.75, 3.05) is 0 Å². The fourth-order valence-corrected chi connectivity index (χ4v) is 1.94. The molecule has 0 saturated heterocycles. The lowest BCUT2D eigenvalue weighted by atomic mass is 10.3. The number of hydrogen-bond donors (Lipinski definition) is 0. The number of rotatable bonds is 1. The number of benzene rings is 1. The lowest BCUT2D eigenvalue weighted by Crippen LogP contribution is -2.17. The summed E-state index contributed by atoms with van der Waals surface area (Å²) >= 11 is 3.41. The first-order chi connectivity index (χ1) is 8.13. The lowest BCUT2D eigenvalue weighted by Gasteiger charge is -2.10. The average Bonchev–Trinajstić information content (AvgIpc) is 2.31. The molecule has 0 atom stereocenters. The Labute approximate surface area is 106 Å². The van der Waals surface area contributed by atoms with Crippen LogP contribution in [0.15, 0.2) is 39.6 Å². The highest BCUT2D eigenvalue weighted by atomic mass is 79.9. The SMILES string of the molecule is Cc1cc(=O)c(C#N)nn1-c1ccccc1Br. The number of para-hydroxylation sites is 1. The largest absolute Gasteiger partial charge is 0.287 e. The molecule has 0 amide bonds. The smallest absolute Gasteiger partial charge is 0.218 e. The van der Waals surface area contributed by atoms with Gasteiger partial charge in [-0.15, -0.1) is 0 Å². The summed E-state index contributed by atoms with van der Waals surface area (Å²) in [4.78, 5) is 11.4. The summed E-state index contributed by atoms with van der Waals surface area (Å²) in [5.41, 5.74) is 1.02. The second kappa shape index (κ2) is 4.52. The Bertz CT molecular complexity index is 670. The minimum absolute atomic E-state index is 0.105. The first kappa shape index (κ1) is 11.6. The van der Waals surface area contributed by atoms with Crippen molar-refractivity contribution in [3.05, 3.63) is 56.4 Å². The molecule has 1 heterocycles. The van der Waals surface area contributed by atoms with E-state index in [1.165, 1.54) is 6.07 Å². The van der Waals surface area contributed by atoms with Gasteiger partial charge in [0.2, 0.25) is 11.1 Å². The van der Waals surface area contributed by atoms with Crippen molar-refractivity contribution in [3.8, 4) is 11.8 Å². The molecule has 0 aliphatic heterocycles. The van der Waals surface area contributed by atoms with Crippen LogP contribution in [0.1, 0.15) is 11.4 Å². The van der Waals surface area contributed by atoms with Crippen molar-refractivity contribution in [3.63, 3.8) is 0 Å². The van der Waals surface area contributed by atoms with Gasteiger partial charge in [-0.1, -0.05) is 12.1 Å². The van der Waals surface area contributed by atoms with Gasteiger partial charge in [-0.2, -0.15) is 10.4 Å². The average molecular weight is 290 g/mol. The third kappa shape index (κ3) is 2.12. The topological polar surface area (TPSA) is 58.7 Å². The van der Waals surface area contributed by atoms with Crippen molar-refractivity contribution < 1.29 is 0 Å². The number of aromatic nitrogens is 2. The minimum atomic E-state index is -0.353. The molecule has 84 valence electrons. The highest BCUT2D eigenvalue weighted by Crippen LogP contribution is 2.20. The maximum absolute atomic E-state index is 11.4. The highest BCUT2D eigenvalue weighted by Gasteiger charge is 2.08. The predicted octanol–water partition coefficient (Wildman–Crippen LogP) is 2.18. The molecule has 0 unspecified atom stereocenters. The number of hydrogen-bond acceptors (Lipinski definition) is 3. The van der Waals surface area contributed by atoms with Gasteiger partial charge in [-0.25, -0.2) is 4.68 Å². The Morgan fingerprint density at radius 1 is 1.41 bits per heavy atom. The van der Waals surface area contributed by atoms with Gasteiger partial charge in [0.15, 0.2) is 0 Å². The Morgan fingerprint density at radius 2 is 2.12 bits per heavy atom. The van der Waals surface area contributed by atoms with E-state index < -0.39 is 0 Å². The number of aryl methyl sites for hydroxylation is 1. The van der Waals surface area contributed by atoms with Crippen LogP contribution in [0.25, 0.3) is 5.69 Å². The van der Waals surface area contributed by atoms with Gasteiger partial charge in [0.25, 0.3) is 0 Å². The zero-order valence-corrected chi connectivity index (χ0v) is 10.6. The highest BCUT2D eigenvalue weighted by molar-refractivity contribution is 9.10. The normalized spacial score (nSPS) is 9.94. The van der Waals surface area contributed by atoms with Crippen LogP contribution in [-0.4, -0.2) is 9.78 Å². The quantitative estimate of drug-likeness (QED) is 0.808. The summed E-state index contributed by atoms with van der Waals surface area (Å²) in [6, 6.07) is 10.7. The molecule has 0 spiro atoms. The van der Waals surface area contributed by atoms with Crippen LogP contribution in [0, 0.1) is 18.3 Å². The summed E-state index contributed by atoms with van der Waals surface area (Å²) < 4.78 is 2.42. The van der Waals surface area contributed by atoms with Crippen molar-refractivity contribution in [2.45, 2.75) is 6.92 Å². The molecule has 1 aromatic carbocycles. The van der Waals surface area contributed by atoms with Gasteiger partial charge >= 0.3 is 0 Å². The summed E-state index contributed by atoms with van der Waals surface area (Å²) in [6.45, 7) is 1.77. The molecular weight excluding hydrogens is 282 g/mol. The fourth-order valence-electron chi connectivity index (χ4n) is 1.49. The van der Waals surface area contributed by atoms with E-state index in [1.807, 2.05) is 24.3 Å². The van der Waals surface area contributed by atoms with Crippen LogP contribution in [0.4, 0.5) is 0 Å². The van der Waals surface area contributed by atoms with E-state index in [9.17, 15) is 4.79 Å². The van der Waals surface area contributed by atoms with Gasteiger partial charge in [-0.3, -0.25) is 4.79 Å². The monoisotopic (exact) mass is 289 g/mol. The van der Waals surface area contributed by atoms with E-state index in [0.29, 0.717) is 5.69 Å². The van der Waals surface area contributed by atoms with Gasteiger partial charge in [0.1, 0.15) is 6.07 Å². The molecule has 0 fully saturated rings. The molecule has 0 radical (unpaired) electrons. The van der Waals surface area contributed by atoms with Crippen molar-refractivity contribution in [1.82, 2.24) is 9.78 Å². The van der Waals surface area contributed by atoms with Crippen LogP contribution in [0.3, 0.4) is 0 Å². The first-order valence-corrected chi connectivity index (χ1v) is 5.69. The first-order valence-electron chi connectivity index (χ1n) is 4.89. The molecule has 2 aromatic rings. The zero-order valence-electron chi connectivity index (χ0n) is 9.01. The standard InChI is InChI=1S/C12H8BrN3O/c1-8-6-12(17)10(7-14)15-16(8)11-5-3-2-4-9(11)13/h2-6H,1H3. The fraction of sp³-hybridized carbons (Fsp3) is 0.0833. The maximum Gasteiger partial charge on any atom is 0.218 e. The minimum Gasteiger partial charge on any atom is -0.287 e. The van der Waals surface area contributed by atoms with Crippen LogP contribution in [0.2, 0.25) is 0 Å². The Morgan fingerprint density at radius 3 is 2.76 bits per heavy atom. The summed E-state index contributed by atoms with van der Waals surface area (Å²) in [6.07, 6.45) is 0. The molecule has 2 rings (SSSR count). The second-order valence-electron chi connectivity index (χ2n) is 3.47. The Kier molecular flexibility index (Phi) is 3.07. The Hall–Kier alpha value is -1.93. The lowest BCUT2D eigenvalue weighted by molar-refractivity contribution is 0.787. The van der Waals surface area contributed by atoms with Gasteiger partial charge < -0.3 is 0 Å². The molecule has 4 nitrogen and oxygen atoms in total. The molecule has 0 aliphatic carbocycles. The molecule has 0 aliphatic rings. The molecule has 5 heteroatoms. The molecular formula is C12H8BrN3O. The van der Waals surface area contributed by atoms with Crippen LogP contribution in [0.5, 0.6) is 0 Å². The molecule has 0 bridgehead atoms. The van der Waals surface area contributed by atoms with Gasteiger partial charge in [0.05, 0.1) is 5.69 Å². The van der Waals surface area contributed by atoms with Gasteiger partial charge in [0, 0.05) is 16.2 Å². The van der Waals surface area contributed by atoms with E-state index in [-0.39, 0.29) is 11.1 Å². The van der Waals surface area contributed by atoms with Crippen LogP contribution in [-0.2, 0) is 0 Å². The maximum atomic E-state index is 11.4. The van der Waals surface area contributed by atoms with E-state index in [4.69, 9.17) is 5.26 Å². The van der Waals surface area contributed by atoms with E-state index in [1.54, 1.807) is 17.7 Å². The van der Waals surface area contributed by atoms with Crippen molar-refractivity contribution in [1.29, 1.82) is 5.26 Å². The van der Waals surface area contributed by atoms with Crippen LogP contribution < -0.4 is 5.43 Å². The van der Waals surface area contributed by atoms with E-state index in [0.717, 1.165) is 10.2 Å². The van der Waals surface area contributed by atoms with E-state index in [2.05, 4.69) is 21.0 Å². The number of nitriles is 1. The second-order valence-corrected chi connectivity index (χ2v) is 4.33. The van der Waals surface area contributed by atoms with Crippen LogP contribution >= 0.6 is 15.9 Å². The summed E-state index contributed by atoms with van der Waals surface area (Å²) in [7, 11) is 0. The zero-order chi connectivity index (χ0) is 12.4. The van der Waals surface area contributed by atoms with Crippen molar-refractivity contribution in [2.24, 2.45) is 0 Å². The molecule has 0 N–H and O–H groups in total. The molecule has 0 saturated carbocycles. The summed E-state index contributed by atoms with van der Waals surface area (Å²) in [5, 5.41) is 12.8. The number of halogens is 1. The van der Waals surface area contributed by atoms with E-state index >= 15 is 0 Å². The predicted molar refractivity (Wildman–Crippen MR) is 67.0 cm³/mol. The Balaban J connectivity index is 2.73. The third-order valence-electron chi connectivity index (χ3n) is 2.29. The third-order valence-corrected chi connectivity index (χ3v) is 2.96. The van der Waals surface area contributed by atoms with Crippen molar-refractivity contribution >= 4 is 15.9 Å². The molecule has 17 heavy (non-hydrogen) atoms.